The molecule has 0 aliphatic carbocycles. The van der Waals surface area contributed by atoms with Crippen molar-refractivity contribution in [1.82, 2.24) is 5.32 Å². The fraction of sp³-hybridized carbons (Fsp3) is 0.192. The maximum absolute atomic E-state index is 12.9. The van der Waals surface area contributed by atoms with Crippen LogP contribution in [-0.4, -0.2) is 23.5 Å². The summed E-state index contributed by atoms with van der Waals surface area (Å²) in [7, 11) is 0. The SMILES string of the molecule is CC(C)COc1ccc(C(=O)NC(=S)Nc2cccc(C(=O)Nc3cccc(C(F)(F)F)c3)c2)cc1. The van der Waals surface area contributed by atoms with E-state index < -0.39 is 23.6 Å². The lowest BCUT2D eigenvalue weighted by atomic mass is 10.1. The Morgan fingerprint density at radius 3 is 2.14 bits per heavy atom. The number of nitrogens with one attached hydrogen (secondary N) is 3. The van der Waals surface area contributed by atoms with Crippen molar-refractivity contribution in [3.63, 3.8) is 0 Å². The number of hydrogen-bond donors (Lipinski definition) is 3. The molecule has 0 radical (unpaired) electrons. The van der Waals surface area contributed by atoms with E-state index in [1.165, 1.54) is 24.3 Å². The van der Waals surface area contributed by atoms with Crippen LogP contribution in [0.25, 0.3) is 0 Å². The summed E-state index contributed by atoms with van der Waals surface area (Å²) in [6.07, 6.45) is -4.52. The Bertz CT molecular complexity index is 1240. The summed E-state index contributed by atoms with van der Waals surface area (Å²) in [6, 6.07) is 17.1. The lowest BCUT2D eigenvalue weighted by Gasteiger charge is -2.12. The van der Waals surface area contributed by atoms with Crippen molar-refractivity contribution < 1.29 is 27.5 Å². The first-order valence-electron chi connectivity index (χ1n) is 10.9. The smallest absolute Gasteiger partial charge is 0.416 e. The minimum atomic E-state index is -4.52. The second kappa shape index (κ2) is 11.7. The summed E-state index contributed by atoms with van der Waals surface area (Å²) < 4.78 is 44.3. The number of carbonyl (C=O) groups excluding carboxylic acids is 2. The molecule has 0 spiro atoms. The maximum Gasteiger partial charge on any atom is 0.416 e. The number of carbonyl (C=O) groups is 2. The second-order valence-electron chi connectivity index (χ2n) is 8.25. The van der Waals surface area contributed by atoms with Gasteiger partial charge in [-0.05, 0) is 78.8 Å². The third-order valence-corrected chi connectivity index (χ3v) is 4.96. The van der Waals surface area contributed by atoms with Crippen LogP contribution in [0.2, 0.25) is 0 Å². The number of halogens is 3. The van der Waals surface area contributed by atoms with Crippen molar-refractivity contribution in [3.05, 3.63) is 89.5 Å². The molecule has 0 saturated carbocycles. The zero-order valence-electron chi connectivity index (χ0n) is 19.5. The molecule has 0 unspecified atom stereocenters. The third-order valence-electron chi connectivity index (χ3n) is 4.76. The fourth-order valence-electron chi connectivity index (χ4n) is 3.02. The number of ether oxygens (including phenoxy) is 1. The second-order valence-corrected chi connectivity index (χ2v) is 8.66. The quantitative estimate of drug-likeness (QED) is 0.331. The van der Waals surface area contributed by atoms with Gasteiger partial charge in [0.1, 0.15) is 5.75 Å². The monoisotopic (exact) mass is 515 g/mol. The van der Waals surface area contributed by atoms with Crippen molar-refractivity contribution >= 4 is 40.5 Å². The molecule has 0 aliphatic heterocycles. The standard InChI is InChI=1S/C26H24F3N3O3S/c1-16(2)15-35-22-11-9-17(10-12-22)23(33)32-25(36)31-20-7-3-5-18(13-20)24(34)30-21-8-4-6-19(14-21)26(27,28)29/h3-14,16H,15H2,1-2H3,(H,30,34)(H2,31,32,33,36). The highest BCUT2D eigenvalue weighted by molar-refractivity contribution is 7.80. The Morgan fingerprint density at radius 1 is 0.861 bits per heavy atom. The molecule has 0 aliphatic rings. The van der Waals surface area contributed by atoms with E-state index in [2.05, 4.69) is 16.0 Å². The van der Waals surface area contributed by atoms with Crippen LogP contribution in [0.5, 0.6) is 5.75 Å². The van der Waals surface area contributed by atoms with E-state index in [1.807, 2.05) is 13.8 Å². The van der Waals surface area contributed by atoms with Gasteiger partial charge in [0.05, 0.1) is 12.2 Å². The molecule has 0 heterocycles. The topological polar surface area (TPSA) is 79.5 Å². The van der Waals surface area contributed by atoms with Crippen molar-refractivity contribution in [1.29, 1.82) is 0 Å². The Kier molecular flexibility index (Phi) is 8.65. The predicted molar refractivity (Wildman–Crippen MR) is 136 cm³/mol. The van der Waals surface area contributed by atoms with Crippen molar-refractivity contribution in [3.8, 4) is 5.75 Å². The summed E-state index contributed by atoms with van der Waals surface area (Å²) >= 11 is 5.20. The number of benzene rings is 3. The average molecular weight is 516 g/mol. The third kappa shape index (κ3) is 7.81. The number of alkyl halides is 3. The van der Waals surface area contributed by atoms with Gasteiger partial charge in [0.25, 0.3) is 11.8 Å². The number of rotatable bonds is 7. The Hall–Kier alpha value is -3.92. The Labute approximate surface area is 211 Å². The number of anilines is 2. The van der Waals surface area contributed by atoms with E-state index in [1.54, 1.807) is 36.4 Å². The van der Waals surface area contributed by atoms with Gasteiger partial charge >= 0.3 is 6.18 Å². The molecular weight excluding hydrogens is 491 g/mol. The zero-order chi connectivity index (χ0) is 26.3. The number of amides is 2. The van der Waals surface area contributed by atoms with Crippen LogP contribution in [0.1, 0.15) is 40.1 Å². The molecule has 0 bridgehead atoms. The van der Waals surface area contributed by atoms with E-state index in [0.29, 0.717) is 29.5 Å². The molecular formula is C26H24F3N3O3S. The molecule has 3 N–H and O–H groups in total. The van der Waals surface area contributed by atoms with Crippen molar-refractivity contribution in [2.24, 2.45) is 5.92 Å². The molecule has 0 aromatic heterocycles. The lowest BCUT2D eigenvalue weighted by molar-refractivity contribution is -0.137. The van der Waals surface area contributed by atoms with Crippen LogP contribution >= 0.6 is 12.2 Å². The molecule has 36 heavy (non-hydrogen) atoms. The molecule has 6 nitrogen and oxygen atoms in total. The fourth-order valence-corrected chi connectivity index (χ4v) is 3.23. The number of thiocarbonyl (C=S) groups is 1. The Balaban J connectivity index is 1.59. The van der Waals surface area contributed by atoms with Crippen molar-refractivity contribution in [2.45, 2.75) is 20.0 Å². The zero-order valence-corrected chi connectivity index (χ0v) is 20.3. The molecule has 3 aromatic rings. The van der Waals surface area contributed by atoms with E-state index in [-0.39, 0.29) is 16.4 Å². The van der Waals surface area contributed by atoms with Crippen molar-refractivity contribution in [2.75, 3.05) is 17.2 Å². The molecule has 3 aromatic carbocycles. The van der Waals surface area contributed by atoms with Gasteiger partial charge in [-0.2, -0.15) is 13.2 Å². The highest BCUT2D eigenvalue weighted by atomic mass is 32.1. The summed E-state index contributed by atoms with van der Waals surface area (Å²) in [5, 5.41) is 7.83. The predicted octanol–water partition coefficient (Wildman–Crippen LogP) is 6.12. The first-order valence-corrected chi connectivity index (χ1v) is 11.4. The normalized spacial score (nSPS) is 11.1. The molecule has 0 fully saturated rings. The summed E-state index contributed by atoms with van der Waals surface area (Å²) in [5.41, 5.74) is 0.120. The number of hydrogen-bond acceptors (Lipinski definition) is 4. The van der Waals surface area contributed by atoms with Crippen LogP contribution in [0.4, 0.5) is 24.5 Å². The Morgan fingerprint density at radius 2 is 1.50 bits per heavy atom. The first kappa shape index (κ1) is 26.7. The van der Waals surface area contributed by atoms with Gasteiger partial charge in [-0.25, -0.2) is 0 Å². The molecule has 0 atom stereocenters. The van der Waals surface area contributed by atoms with Gasteiger partial charge in [0, 0.05) is 22.5 Å². The van der Waals surface area contributed by atoms with Gasteiger partial charge in [0.15, 0.2) is 5.11 Å². The summed E-state index contributed by atoms with van der Waals surface area (Å²) in [6.45, 7) is 4.64. The summed E-state index contributed by atoms with van der Waals surface area (Å²) in [5.74, 6) is -0.00295. The molecule has 0 saturated heterocycles. The van der Waals surface area contributed by atoms with Crippen LogP contribution in [-0.2, 0) is 6.18 Å². The largest absolute Gasteiger partial charge is 0.493 e. The van der Waals surface area contributed by atoms with Crippen LogP contribution < -0.4 is 20.7 Å². The molecule has 2 amide bonds. The van der Waals surface area contributed by atoms with Gasteiger partial charge < -0.3 is 15.4 Å². The van der Waals surface area contributed by atoms with Crippen LogP contribution in [0.3, 0.4) is 0 Å². The molecule has 188 valence electrons. The van der Waals surface area contributed by atoms with Crippen LogP contribution in [0.15, 0.2) is 72.8 Å². The van der Waals surface area contributed by atoms with E-state index >= 15 is 0 Å². The van der Waals surface area contributed by atoms with Gasteiger partial charge in [0.2, 0.25) is 0 Å². The maximum atomic E-state index is 12.9. The lowest BCUT2D eigenvalue weighted by Crippen LogP contribution is -2.34. The van der Waals surface area contributed by atoms with Crippen LogP contribution in [0, 0.1) is 5.92 Å². The first-order chi connectivity index (χ1) is 17.0. The van der Waals surface area contributed by atoms with Gasteiger partial charge in [-0.15, -0.1) is 0 Å². The van der Waals surface area contributed by atoms with Gasteiger partial charge in [-0.3, -0.25) is 14.9 Å². The highest BCUT2D eigenvalue weighted by Crippen LogP contribution is 2.30. The van der Waals surface area contributed by atoms with E-state index in [0.717, 1.165) is 12.1 Å². The highest BCUT2D eigenvalue weighted by Gasteiger charge is 2.30. The molecule has 3 rings (SSSR count). The van der Waals surface area contributed by atoms with E-state index in [9.17, 15) is 22.8 Å². The summed E-state index contributed by atoms with van der Waals surface area (Å²) in [4.78, 5) is 25.0. The minimum absolute atomic E-state index is 0.00979. The van der Waals surface area contributed by atoms with Gasteiger partial charge in [-0.1, -0.05) is 26.0 Å². The van der Waals surface area contributed by atoms with E-state index in [4.69, 9.17) is 17.0 Å². The average Bonchev–Trinajstić information content (AvgIpc) is 2.82. The molecule has 10 heteroatoms. The minimum Gasteiger partial charge on any atom is -0.493 e.